The van der Waals surface area contributed by atoms with Crippen LogP contribution in [0.5, 0.6) is 0 Å². The van der Waals surface area contributed by atoms with Crippen LogP contribution in [0.3, 0.4) is 0 Å². The number of guanidine groups is 1. The van der Waals surface area contributed by atoms with Crippen LogP contribution in [0.15, 0.2) is 65.8 Å². The van der Waals surface area contributed by atoms with E-state index < -0.39 is 6.10 Å². The predicted molar refractivity (Wildman–Crippen MR) is 133 cm³/mol. The fourth-order valence-corrected chi connectivity index (χ4v) is 4.23. The van der Waals surface area contributed by atoms with Crippen LogP contribution in [0, 0.1) is 0 Å². The van der Waals surface area contributed by atoms with E-state index >= 15 is 0 Å². The minimum Gasteiger partial charge on any atom is -0.390 e. The Balaban J connectivity index is 1.32. The van der Waals surface area contributed by atoms with Crippen LogP contribution in [0.25, 0.3) is 11.3 Å². The second-order valence-corrected chi connectivity index (χ2v) is 8.57. The highest BCUT2D eigenvalue weighted by atomic mass is 16.3. The van der Waals surface area contributed by atoms with E-state index in [9.17, 15) is 5.11 Å². The first-order valence-electron chi connectivity index (χ1n) is 11.7. The summed E-state index contributed by atoms with van der Waals surface area (Å²) in [6.07, 6.45) is 2.39. The summed E-state index contributed by atoms with van der Waals surface area (Å²) >= 11 is 0. The second-order valence-electron chi connectivity index (χ2n) is 8.57. The van der Waals surface area contributed by atoms with E-state index in [2.05, 4.69) is 56.6 Å². The van der Waals surface area contributed by atoms with Crippen molar-refractivity contribution in [3.05, 3.63) is 77.7 Å². The van der Waals surface area contributed by atoms with Crippen LogP contribution in [0.2, 0.25) is 0 Å². The monoisotopic (exact) mass is 446 g/mol. The van der Waals surface area contributed by atoms with Crippen molar-refractivity contribution in [2.75, 3.05) is 33.2 Å². The third-order valence-corrected chi connectivity index (χ3v) is 5.93. The molecule has 0 saturated heterocycles. The molecule has 1 aromatic heterocycles. The van der Waals surface area contributed by atoms with Crippen LogP contribution in [-0.4, -0.2) is 70.2 Å². The number of aliphatic hydroxyl groups is 1. The van der Waals surface area contributed by atoms with Gasteiger partial charge >= 0.3 is 0 Å². The normalized spacial score (nSPS) is 15.2. The van der Waals surface area contributed by atoms with E-state index in [1.54, 1.807) is 0 Å². The van der Waals surface area contributed by atoms with Gasteiger partial charge in [-0.3, -0.25) is 9.89 Å². The highest BCUT2D eigenvalue weighted by Crippen LogP contribution is 2.19. The molecular weight excluding hydrogens is 412 g/mol. The Morgan fingerprint density at radius 1 is 1.18 bits per heavy atom. The first kappa shape index (κ1) is 23.0. The SMILES string of the molecule is CCNC(=NCC(O)CN1CCc2ccccc2C1)N(C)Cc1ncc(-c2ccccc2)[nH]1. The Hall–Kier alpha value is -3.16. The number of hydrogen-bond donors (Lipinski definition) is 3. The van der Waals surface area contributed by atoms with Crippen molar-refractivity contribution in [2.24, 2.45) is 4.99 Å². The lowest BCUT2D eigenvalue weighted by Crippen LogP contribution is -2.41. The van der Waals surface area contributed by atoms with Gasteiger partial charge in [0.15, 0.2) is 5.96 Å². The lowest BCUT2D eigenvalue weighted by Gasteiger charge is -2.30. The molecule has 1 unspecified atom stereocenters. The van der Waals surface area contributed by atoms with Crippen LogP contribution in [0.4, 0.5) is 0 Å². The molecule has 1 atom stereocenters. The van der Waals surface area contributed by atoms with Crippen LogP contribution >= 0.6 is 0 Å². The molecule has 0 fully saturated rings. The number of aromatic nitrogens is 2. The topological polar surface area (TPSA) is 79.8 Å². The van der Waals surface area contributed by atoms with Gasteiger partial charge in [0, 0.05) is 33.2 Å². The number of aliphatic imine (C=N–C) groups is 1. The van der Waals surface area contributed by atoms with Crippen molar-refractivity contribution in [3.63, 3.8) is 0 Å². The number of nitrogens with zero attached hydrogens (tertiary/aromatic N) is 4. The molecule has 33 heavy (non-hydrogen) atoms. The zero-order chi connectivity index (χ0) is 23.0. The smallest absolute Gasteiger partial charge is 0.194 e. The summed E-state index contributed by atoms with van der Waals surface area (Å²) in [6.45, 7) is 6.25. The molecular formula is C26H34N6O. The second kappa shape index (κ2) is 11.1. The number of aromatic amines is 1. The standard InChI is InChI=1S/C26H34N6O/c1-3-27-26(31(2)19-25-28-16-24(30-25)21-10-5-4-6-11-21)29-15-23(33)18-32-14-13-20-9-7-8-12-22(20)17-32/h4-12,16,23,33H,3,13-15,17-19H2,1-2H3,(H,27,29)(H,28,30). The highest BCUT2D eigenvalue weighted by molar-refractivity contribution is 5.79. The minimum atomic E-state index is -0.509. The first-order chi connectivity index (χ1) is 16.1. The average molecular weight is 447 g/mol. The molecule has 1 aliphatic rings. The van der Waals surface area contributed by atoms with Gasteiger partial charge in [-0.15, -0.1) is 0 Å². The molecule has 0 aliphatic carbocycles. The van der Waals surface area contributed by atoms with Gasteiger partial charge in [0.1, 0.15) is 5.82 Å². The number of β-amino-alcohol motifs (C(OH)–C–C–N with tert-alkyl or cyclic N) is 1. The van der Waals surface area contributed by atoms with Crippen molar-refractivity contribution in [3.8, 4) is 11.3 Å². The van der Waals surface area contributed by atoms with Gasteiger partial charge < -0.3 is 20.3 Å². The lowest BCUT2D eigenvalue weighted by molar-refractivity contribution is 0.111. The van der Waals surface area contributed by atoms with Crippen molar-refractivity contribution < 1.29 is 5.11 Å². The number of rotatable bonds is 8. The Labute approximate surface area is 196 Å². The van der Waals surface area contributed by atoms with Crippen LogP contribution in [0.1, 0.15) is 23.9 Å². The summed E-state index contributed by atoms with van der Waals surface area (Å²) in [4.78, 5) is 17.0. The first-order valence-corrected chi connectivity index (χ1v) is 11.7. The largest absolute Gasteiger partial charge is 0.390 e. The summed E-state index contributed by atoms with van der Waals surface area (Å²) < 4.78 is 0. The summed E-state index contributed by atoms with van der Waals surface area (Å²) in [5.41, 5.74) is 4.90. The van der Waals surface area contributed by atoms with Crippen molar-refractivity contribution >= 4 is 5.96 Å². The van der Waals surface area contributed by atoms with Crippen molar-refractivity contribution in [2.45, 2.75) is 32.5 Å². The lowest BCUT2D eigenvalue weighted by atomic mass is 10.00. The van der Waals surface area contributed by atoms with E-state index in [0.717, 1.165) is 49.1 Å². The Kier molecular flexibility index (Phi) is 7.75. The molecule has 2 heterocycles. The summed E-state index contributed by atoms with van der Waals surface area (Å²) in [5, 5.41) is 14.0. The number of hydrogen-bond acceptors (Lipinski definition) is 4. The average Bonchev–Trinajstić information content (AvgIpc) is 3.30. The molecule has 7 heteroatoms. The van der Waals surface area contributed by atoms with Crippen molar-refractivity contribution in [1.82, 2.24) is 25.1 Å². The van der Waals surface area contributed by atoms with Crippen LogP contribution < -0.4 is 5.32 Å². The van der Waals surface area contributed by atoms with Gasteiger partial charge in [0.25, 0.3) is 0 Å². The quantitative estimate of drug-likeness (QED) is 0.366. The molecule has 0 spiro atoms. The van der Waals surface area contributed by atoms with Crippen LogP contribution in [-0.2, 0) is 19.5 Å². The molecule has 0 amide bonds. The maximum Gasteiger partial charge on any atom is 0.194 e. The number of nitrogens with one attached hydrogen (secondary N) is 2. The number of benzene rings is 2. The van der Waals surface area contributed by atoms with E-state index in [1.165, 1.54) is 11.1 Å². The van der Waals surface area contributed by atoms with Gasteiger partial charge in [-0.25, -0.2) is 4.98 Å². The Morgan fingerprint density at radius 3 is 2.73 bits per heavy atom. The van der Waals surface area contributed by atoms with Gasteiger partial charge in [-0.1, -0.05) is 54.6 Å². The fourth-order valence-electron chi connectivity index (χ4n) is 4.23. The van der Waals surface area contributed by atoms with Crippen molar-refractivity contribution in [1.29, 1.82) is 0 Å². The molecule has 7 nitrogen and oxygen atoms in total. The summed E-state index contributed by atoms with van der Waals surface area (Å²) in [5.74, 6) is 1.63. The summed E-state index contributed by atoms with van der Waals surface area (Å²) in [7, 11) is 1.99. The Bertz CT molecular complexity index is 1050. The van der Waals surface area contributed by atoms with E-state index in [4.69, 9.17) is 4.99 Å². The fraction of sp³-hybridized carbons (Fsp3) is 0.385. The molecule has 3 aromatic rings. The molecule has 2 aromatic carbocycles. The van der Waals surface area contributed by atoms with E-state index in [0.29, 0.717) is 19.6 Å². The molecule has 1 aliphatic heterocycles. The van der Waals surface area contributed by atoms with Gasteiger partial charge in [0.2, 0.25) is 0 Å². The maximum atomic E-state index is 10.7. The van der Waals surface area contributed by atoms with Gasteiger partial charge in [-0.2, -0.15) is 0 Å². The van der Waals surface area contributed by atoms with E-state index in [-0.39, 0.29) is 0 Å². The summed E-state index contributed by atoms with van der Waals surface area (Å²) in [6, 6.07) is 18.7. The van der Waals surface area contributed by atoms with E-state index in [1.807, 2.05) is 43.3 Å². The molecule has 3 N–H and O–H groups in total. The highest BCUT2D eigenvalue weighted by Gasteiger charge is 2.18. The molecule has 0 radical (unpaired) electrons. The van der Waals surface area contributed by atoms with Gasteiger partial charge in [-0.05, 0) is 30.0 Å². The number of aliphatic hydroxyl groups excluding tert-OH is 1. The molecule has 174 valence electrons. The molecule has 0 bridgehead atoms. The zero-order valence-corrected chi connectivity index (χ0v) is 19.5. The zero-order valence-electron chi connectivity index (χ0n) is 19.5. The van der Waals surface area contributed by atoms with Gasteiger partial charge in [0.05, 0.1) is 31.1 Å². The number of fused-ring (bicyclic) bond motifs is 1. The number of H-pyrrole nitrogens is 1. The third kappa shape index (κ3) is 6.21. The third-order valence-electron chi connectivity index (χ3n) is 5.93. The predicted octanol–water partition coefficient (Wildman–Crippen LogP) is 2.89. The molecule has 4 rings (SSSR count). The Morgan fingerprint density at radius 2 is 1.94 bits per heavy atom. The minimum absolute atomic E-state index is 0.359. The number of imidazole rings is 1. The molecule has 0 saturated carbocycles. The maximum absolute atomic E-state index is 10.7.